The first-order valence-corrected chi connectivity index (χ1v) is 11.4. The van der Waals surface area contributed by atoms with E-state index in [0.29, 0.717) is 30.2 Å². The molecule has 0 bridgehead atoms. The van der Waals surface area contributed by atoms with Gasteiger partial charge in [0.05, 0.1) is 18.0 Å². The predicted molar refractivity (Wildman–Crippen MR) is 128 cm³/mol. The maximum atomic E-state index is 12.8. The van der Waals surface area contributed by atoms with Crippen LogP contribution in [0, 0.1) is 5.41 Å². The van der Waals surface area contributed by atoms with E-state index in [4.69, 9.17) is 21.1 Å². The van der Waals surface area contributed by atoms with Crippen molar-refractivity contribution in [1.29, 1.82) is 0 Å². The van der Waals surface area contributed by atoms with Gasteiger partial charge in [-0.1, -0.05) is 62.7 Å². The van der Waals surface area contributed by atoms with Crippen LogP contribution in [0.5, 0.6) is 5.75 Å². The van der Waals surface area contributed by atoms with Gasteiger partial charge in [0.2, 0.25) is 0 Å². The number of carbonyl (C=O) groups excluding carboxylic acids is 1. The molecular formula is C26H27ClN2O4. The van der Waals surface area contributed by atoms with E-state index in [2.05, 4.69) is 25.8 Å². The number of esters is 1. The quantitative estimate of drug-likeness (QED) is 0.368. The van der Waals surface area contributed by atoms with E-state index in [1.54, 1.807) is 13.1 Å². The highest BCUT2D eigenvalue weighted by Crippen LogP contribution is 2.43. The van der Waals surface area contributed by atoms with E-state index < -0.39 is 11.4 Å². The fourth-order valence-electron chi connectivity index (χ4n) is 4.11. The van der Waals surface area contributed by atoms with E-state index in [1.807, 2.05) is 41.0 Å². The Morgan fingerprint density at radius 3 is 2.61 bits per heavy atom. The number of hydrogen-bond acceptors (Lipinski definition) is 5. The van der Waals surface area contributed by atoms with Crippen molar-refractivity contribution >= 4 is 17.6 Å². The van der Waals surface area contributed by atoms with E-state index in [1.165, 1.54) is 6.07 Å². The van der Waals surface area contributed by atoms with Gasteiger partial charge in [-0.25, -0.2) is 9.78 Å². The Kier molecular flexibility index (Phi) is 6.30. The Morgan fingerprint density at radius 1 is 1.21 bits per heavy atom. The number of hydrogen-bond donors (Lipinski definition) is 0. The van der Waals surface area contributed by atoms with Crippen molar-refractivity contribution in [2.24, 2.45) is 5.41 Å². The molecule has 1 atom stereocenters. The standard InChI is InChI=1S/C26H27ClN2O4/c1-5-32-25(31)18-14-29-19(13-20(18)30)23-17(12-22(29)26(2,3)4)11-21(24(27)28-23)33-15-16-9-7-6-8-10-16/h6-11,13-14,22H,5,12,15H2,1-4H3. The molecule has 2 aromatic heterocycles. The molecule has 33 heavy (non-hydrogen) atoms. The van der Waals surface area contributed by atoms with Crippen LogP contribution in [0.1, 0.15) is 55.2 Å². The van der Waals surface area contributed by atoms with Gasteiger partial charge in [-0.15, -0.1) is 0 Å². The fraction of sp³-hybridized carbons (Fsp3) is 0.346. The highest BCUT2D eigenvalue weighted by molar-refractivity contribution is 6.31. The molecule has 1 aliphatic rings. The zero-order chi connectivity index (χ0) is 23.8. The molecule has 6 nitrogen and oxygen atoms in total. The van der Waals surface area contributed by atoms with E-state index in [0.717, 1.165) is 11.1 Å². The molecule has 1 aromatic carbocycles. The SMILES string of the molecule is CCOC(=O)c1cn2c(cc1=O)-c1nc(Cl)c(OCc3ccccc3)cc1CC2C(C)(C)C. The summed E-state index contributed by atoms with van der Waals surface area (Å²) in [5.74, 6) is -0.113. The van der Waals surface area contributed by atoms with Crippen molar-refractivity contribution < 1.29 is 14.3 Å². The zero-order valence-corrected chi connectivity index (χ0v) is 20.0. The molecule has 1 unspecified atom stereocenters. The molecule has 0 N–H and O–H groups in total. The monoisotopic (exact) mass is 466 g/mol. The van der Waals surface area contributed by atoms with Crippen LogP contribution in [-0.2, 0) is 17.8 Å². The summed E-state index contributed by atoms with van der Waals surface area (Å²) >= 11 is 6.49. The Hall–Kier alpha value is -3.12. The van der Waals surface area contributed by atoms with Crippen molar-refractivity contribution in [3.63, 3.8) is 0 Å². The number of rotatable bonds is 5. The van der Waals surface area contributed by atoms with Gasteiger partial charge in [0.1, 0.15) is 12.2 Å². The summed E-state index contributed by atoms with van der Waals surface area (Å²) in [6, 6.07) is 13.2. The number of pyridine rings is 2. The van der Waals surface area contributed by atoms with Crippen molar-refractivity contribution in [3.05, 3.63) is 80.7 Å². The third-order valence-electron chi connectivity index (χ3n) is 5.83. The summed E-state index contributed by atoms with van der Waals surface area (Å²) in [5, 5.41) is 0.229. The minimum atomic E-state index is -0.619. The summed E-state index contributed by atoms with van der Waals surface area (Å²) in [4.78, 5) is 29.7. The molecule has 0 saturated carbocycles. The van der Waals surface area contributed by atoms with Crippen LogP contribution in [0.3, 0.4) is 0 Å². The average molecular weight is 467 g/mol. The summed E-state index contributed by atoms with van der Waals surface area (Å²) < 4.78 is 13.0. The predicted octanol–water partition coefficient (Wildman–Crippen LogP) is 5.46. The molecule has 0 spiro atoms. The van der Waals surface area contributed by atoms with Crippen LogP contribution in [0.25, 0.3) is 11.4 Å². The smallest absolute Gasteiger partial charge is 0.343 e. The molecule has 0 aliphatic carbocycles. The summed E-state index contributed by atoms with van der Waals surface area (Å²) in [6.45, 7) is 8.68. The van der Waals surface area contributed by atoms with E-state index in [-0.39, 0.29) is 28.8 Å². The first kappa shape index (κ1) is 23.1. The lowest BCUT2D eigenvalue weighted by atomic mass is 9.80. The lowest BCUT2D eigenvalue weighted by molar-refractivity contribution is 0.0523. The normalized spacial score (nSPS) is 14.9. The lowest BCUT2D eigenvalue weighted by Gasteiger charge is -2.38. The Morgan fingerprint density at radius 2 is 1.94 bits per heavy atom. The minimum absolute atomic E-state index is 0.0151. The molecule has 0 radical (unpaired) electrons. The van der Waals surface area contributed by atoms with Crippen molar-refractivity contribution in [2.75, 3.05) is 6.61 Å². The van der Waals surface area contributed by atoms with Gasteiger partial charge in [0.15, 0.2) is 16.3 Å². The van der Waals surface area contributed by atoms with E-state index in [9.17, 15) is 9.59 Å². The van der Waals surface area contributed by atoms with Gasteiger partial charge < -0.3 is 14.0 Å². The third-order valence-corrected chi connectivity index (χ3v) is 6.10. The van der Waals surface area contributed by atoms with Gasteiger partial charge in [-0.2, -0.15) is 0 Å². The van der Waals surface area contributed by atoms with Crippen LogP contribution in [0.2, 0.25) is 5.15 Å². The number of nitrogens with zero attached hydrogens (tertiary/aromatic N) is 2. The summed E-state index contributed by atoms with van der Waals surface area (Å²) in [6.07, 6.45) is 2.26. The zero-order valence-electron chi connectivity index (χ0n) is 19.2. The number of carbonyl (C=O) groups is 1. The molecule has 3 aromatic rings. The average Bonchev–Trinajstić information content (AvgIpc) is 2.77. The van der Waals surface area contributed by atoms with Crippen molar-refractivity contribution in [2.45, 2.75) is 46.8 Å². The van der Waals surface area contributed by atoms with Crippen LogP contribution in [0.4, 0.5) is 0 Å². The molecule has 3 heterocycles. The van der Waals surface area contributed by atoms with Gasteiger partial charge in [-0.3, -0.25) is 4.79 Å². The lowest BCUT2D eigenvalue weighted by Crippen LogP contribution is -2.33. The molecule has 0 amide bonds. The topological polar surface area (TPSA) is 70.4 Å². The first-order chi connectivity index (χ1) is 15.7. The van der Waals surface area contributed by atoms with Gasteiger partial charge in [-0.05, 0) is 36.0 Å². The second-order valence-corrected chi connectivity index (χ2v) is 9.57. The largest absolute Gasteiger partial charge is 0.486 e. The molecule has 172 valence electrons. The summed E-state index contributed by atoms with van der Waals surface area (Å²) in [5.41, 5.74) is 2.70. The van der Waals surface area contributed by atoms with E-state index >= 15 is 0 Å². The van der Waals surface area contributed by atoms with Gasteiger partial charge >= 0.3 is 5.97 Å². The third kappa shape index (κ3) is 4.67. The van der Waals surface area contributed by atoms with Crippen molar-refractivity contribution in [1.82, 2.24) is 9.55 Å². The maximum absolute atomic E-state index is 12.8. The molecular weight excluding hydrogens is 440 g/mol. The number of benzene rings is 1. The molecule has 1 aliphatic heterocycles. The second kappa shape index (κ2) is 9.02. The van der Waals surface area contributed by atoms with Gasteiger partial charge in [0.25, 0.3) is 0 Å². The highest BCUT2D eigenvalue weighted by Gasteiger charge is 2.35. The number of ether oxygens (including phenoxy) is 2. The Labute approximate surface area is 198 Å². The Bertz CT molecular complexity index is 1250. The molecule has 7 heteroatoms. The number of halogens is 1. The van der Waals surface area contributed by atoms with Crippen LogP contribution in [0.15, 0.2) is 53.5 Å². The highest BCUT2D eigenvalue weighted by atomic mass is 35.5. The fourth-order valence-corrected chi connectivity index (χ4v) is 4.31. The second-order valence-electron chi connectivity index (χ2n) is 9.21. The molecule has 0 fully saturated rings. The van der Waals surface area contributed by atoms with Crippen molar-refractivity contribution in [3.8, 4) is 17.1 Å². The van der Waals surface area contributed by atoms with Gasteiger partial charge in [0, 0.05) is 18.3 Å². The first-order valence-electron chi connectivity index (χ1n) is 11.0. The maximum Gasteiger partial charge on any atom is 0.343 e. The molecule has 4 rings (SSSR count). The number of aromatic nitrogens is 2. The van der Waals surface area contributed by atoms with Crippen LogP contribution >= 0.6 is 11.6 Å². The van der Waals surface area contributed by atoms with Crippen LogP contribution < -0.4 is 10.2 Å². The summed E-state index contributed by atoms with van der Waals surface area (Å²) in [7, 11) is 0. The number of fused-ring (bicyclic) bond motifs is 3. The van der Waals surface area contributed by atoms with Crippen LogP contribution in [-0.4, -0.2) is 22.1 Å². The Balaban J connectivity index is 1.78. The molecule has 0 saturated heterocycles. The minimum Gasteiger partial charge on any atom is -0.486 e.